The number of nitrogens with one attached hydrogen (secondary N) is 2. The molecular weight excluding hydrogens is 301 g/mol. The van der Waals surface area contributed by atoms with E-state index < -0.39 is 35.6 Å². The van der Waals surface area contributed by atoms with Crippen molar-refractivity contribution in [2.24, 2.45) is 11.7 Å². The highest BCUT2D eigenvalue weighted by atomic mass is 19.1. The second kappa shape index (κ2) is 8.26. The van der Waals surface area contributed by atoms with E-state index in [4.69, 9.17) is 5.73 Å². The van der Waals surface area contributed by atoms with Crippen molar-refractivity contribution in [1.82, 2.24) is 10.6 Å². The molecule has 0 heterocycles. The van der Waals surface area contributed by atoms with E-state index >= 15 is 0 Å². The Hall–Kier alpha value is -2.44. The maximum absolute atomic E-state index is 13.8. The molecule has 2 atom stereocenters. The van der Waals surface area contributed by atoms with E-state index in [2.05, 4.69) is 10.6 Å². The molecule has 0 aliphatic heterocycles. The fraction of sp³-hybridized carbons (Fsp3) is 0.438. The number of amides is 3. The number of carbonyl (C=O) groups is 3. The van der Waals surface area contributed by atoms with Gasteiger partial charge in [0.05, 0.1) is 0 Å². The average molecular weight is 323 g/mol. The Morgan fingerprint density at radius 3 is 2.26 bits per heavy atom. The summed E-state index contributed by atoms with van der Waals surface area (Å²) in [6.45, 7) is 4.73. The van der Waals surface area contributed by atoms with Gasteiger partial charge in [0.25, 0.3) is 0 Å². The van der Waals surface area contributed by atoms with Crippen molar-refractivity contribution in [2.45, 2.75) is 39.3 Å². The molecule has 7 heteroatoms. The number of primary amides is 1. The Morgan fingerprint density at radius 2 is 1.78 bits per heavy atom. The van der Waals surface area contributed by atoms with Crippen molar-refractivity contribution in [2.75, 3.05) is 0 Å². The normalized spacial score (nSPS) is 13.3. The van der Waals surface area contributed by atoms with Crippen LogP contribution in [0, 0.1) is 11.7 Å². The zero-order valence-electron chi connectivity index (χ0n) is 13.4. The highest BCUT2D eigenvalue weighted by molar-refractivity contribution is 5.91. The van der Waals surface area contributed by atoms with Gasteiger partial charge in [0.2, 0.25) is 17.7 Å². The first-order valence-corrected chi connectivity index (χ1v) is 7.32. The van der Waals surface area contributed by atoms with Gasteiger partial charge in [-0.3, -0.25) is 14.4 Å². The molecule has 0 aliphatic carbocycles. The third-order valence-corrected chi connectivity index (χ3v) is 3.35. The molecule has 0 saturated heterocycles. The summed E-state index contributed by atoms with van der Waals surface area (Å²) in [5.74, 6) is -2.35. The van der Waals surface area contributed by atoms with Gasteiger partial charge in [-0.2, -0.15) is 0 Å². The van der Waals surface area contributed by atoms with Crippen LogP contribution in [0.2, 0.25) is 0 Å². The monoisotopic (exact) mass is 323 g/mol. The van der Waals surface area contributed by atoms with E-state index in [1.54, 1.807) is 19.9 Å². The summed E-state index contributed by atoms with van der Waals surface area (Å²) in [7, 11) is 0. The van der Waals surface area contributed by atoms with Crippen molar-refractivity contribution < 1.29 is 18.8 Å². The second-order valence-electron chi connectivity index (χ2n) is 5.68. The first-order valence-electron chi connectivity index (χ1n) is 7.32. The summed E-state index contributed by atoms with van der Waals surface area (Å²) in [6, 6.07) is 4.13. The van der Waals surface area contributed by atoms with Crippen LogP contribution < -0.4 is 16.4 Å². The SMILES string of the molecule is CC(=O)N[C@H](Cc1ccccc1F)C(=O)N[C@H](C(N)=O)C(C)C. The molecule has 126 valence electrons. The Morgan fingerprint density at radius 1 is 1.17 bits per heavy atom. The zero-order chi connectivity index (χ0) is 17.6. The van der Waals surface area contributed by atoms with Gasteiger partial charge in [0.15, 0.2) is 0 Å². The predicted molar refractivity (Wildman–Crippen MR) is 83.7 cm³/mol. The molecule has 6 nitrogen and oxygen atoms in total. The maximum atomic E-state index is 13.8. The summed E-state index contributed by atoms with van der Waals surface area (Å²) < 4.78 is 13.8. The standard InChI is InChI=1S/C16H22FN3O3/c1-9(2)14(15(18)22)20-16(23)13(19-10(3)21)8-11-6-4-5-7-12(11)17/h4-7,9,13-14H,8H2,1-3H3,(H2,18,22)(H,19,21)(H,20,23)/t13-,14+/m1/s1. The van der Waals surface area contributed by atoms with Crippen LogP contribution in [0.4, 0.5) is 4.39 Å². The van der Waals surface area contributed by atoms with Gasteiger partial charge in [-0.15, -0.1) is 0 Å². The highest BCUT2D eigenvalue weighted by Gasteiger charge is 2.27. The summed E-state index contributed by atoms with van der Waals surface area (Å²) in [5.41, 5.74) is 5.56. The number of carbonyl (C=O) groups excluding carboxylic acids is 3. The molecule has 0 spiro atoms. The second-order valence-corrected chi connectivity index (χ2v) is 5.68. The zero-order valence-corrected chi connectivity index (χ0v) is 13.4. The molecule has 0 bridgehead atoms. The summed E-state index contributed by atoms with van der Waals surface area (Å²) in [6.07, 6.45) is -0.0261. The molecule has 0 aromatic heterocycles. The summed E-state index contributed by atoms with van der Waals surface area (Å²) >= 11 is 0. The van der Waals surface area contributed by atoms with E-state index in [0.29, 0.717) is 5.56 Å². The lowest BCUT2D eigenvalue weighted by molar-refractivity contribution is -0.131. The molecule has 0 aliphatic rings. The molecule has 1 rings (SSSR count). The van der Waals surface area contributed by atoms with Crippen LogP contribution in [0.15, 0.2) is 24.3 Å². The minimum Gasteiger partial charge on any atom is -0.368 e. The van der Waals surface area contributed by atoms with E-state index in [1.807, 2.05) is 0 Å². The fourth-order valence-electron chi connectivity index (χ4n) is 2.16. The molecule has 3 amide bonds. The Balaban J connectivity index is 2.92. The van der Waals surface area contributed by atoms with Crippen LogP contribution in [-0.2, 0) is 20.8 Å². The van der Waals surface area contributed by atoms with Crippen LogP contribution in [0.5, 0.6) is 0 Å². The van der Waals surface area contributed by atoms with Crippen molar-refractivity contribution in [3.63, 3.8) is 0 Å². The lowest BCUT2D eigenvalue weighted by atomic mass is 10.0. The third-order valence-electron chi connectivity index (χ3n) is 3.35. The number of benzene rings is 1. The molecule has 0 fully saturated rings. The molecule has 1 aromatic carbocycles. The van der Waals surface area contributed by atoms with Crippen molar-refractivity contribution >= 4 is 17.7 Å². The fourth-order valence-corrected chi connectivity index (χ4v) is 2.16. The van der Waals surface area contributed by atoms with Gasteiger partial charge in [0.1, 0.15) is 17.9 Å². The van der Waals surface area contributed by atoms with Crippen molar-refractivity contribution in [3.05, 3.63) is 35.6 Å². The maximum Gasteiger partial charge on any atom is 0.243 e. The first-order chi connectivity index (χ1) is 10.7. The predicted octanol–water partition coefficient (Wildman–Crippen LogP) is 0.499. The van der Waals surface area contributed by atoms with E-state index in [1.165, 1.54) is 25.1 Å². The van der Waals surface area contributed by atoms with E-state index in [-0.39, 0.29) is 12.3 Å². The van der Waals surface area contributed by atoms with Gasteiger partial charge in [-0.1, -0.05) is 32.0 Å². The lowest BCUT2D eigenvalue weighted by Gasteiger charge is -2.23. The number of halogens is 1. The van der Waals surface area contributed by atoms with Gasteiger partial charge in [-0.25, -0.2) is 4.39 Å². The van der Waals surface area contributed by atoms with Crippen molar-refractivity contribution in [3.8, 4) is 0 Å². The Bertz CT molecular complexity index is 590. The van der Waals surface area contributed by atoms with Crippen LogP contribution in [-0.4, -0.2) is 29.8 Å². The van der Waals surface area contributed by atoms with Gasteiger partial charge in [-0.05, 0) is 17.5 Å². The van der Waals surface area contributed by atoms with E-state index in [9.17, 15) is 18.8 Å². The van der Waals surface area contributed by atoms with Crippen LogP contribution >= 0.6 is 0 Å². The molecule has 0 radical (unpaired) electrons. The largest absolute Gasteiger partial charge is 0.368 e. The molecule has 1 aromatic rings. The average Bonchev–Trinajstić information content (AvgIpc) is 2.44. The van der Waals surface area contributed by atoms with E-state index in [0.717, 1.165) is 0 Å². The minimum absolute atomic E-state index is 0.0261. The van der Waals surface area contributed by atoms with Crippen molar-refractivity contribution in [1.29, 1.82) is 0 Å². The van der Waals surface area contributed by atoms with Gasteiger partial charge >= 0.3 is 0 Å². The van der Waals surface area contributed by atoms with Crippen LogP contribution in [0.25, 0.3) is 0 Å². The first kappa shape index (κ1) is 18.6. The molecule has 0 saturated carbocycles. The number of rotatable bonds is 7. The third kappa shape index (κ3) is 5.69. The highest BCUT2D eigenvalue weighted by Crippen LogP contribution is 2.10. The molecule has 4 N–H and O–H groups in total. The summed E-state index contributed by atoms with van der Waals surface area (Å²) in [4.78, 5) is 35.1. The minimum atomic E-state index is -0.995. The molecular formula is C16H22FN3O3. The van der Waals surface area contributed by atoms with Gasteiger partial charge < -0.3 is 16.4 Å². The number of hydrogen-bond donors (Lipinski definition) is 3. The number of hydrogen-bond acceptors (Lipinski definition) is 3. The van der Waals surface area contributed by atoms with Gasteiger partial charge in [0, 0.05) is 13.3 Å². The topological polar surface area (TPSA) is 101 Å². The molecule has 23 heavy (non-hydrogen) atoms. The Labute approximate surface area is 134 Å². The number of nitrogens with two attached hydrogens (primary N) is 1. The summed E-state index contributed by atoms with van der Waals surface area (Å²) in [5, 5.41) is 4.98. The smallest absolute Gasteiger partial charge is 0.243 e. The van der Waals surface area contributed by atoms with Crippen LogP contribution in [0.1, 0.15) is 26.3 Å². The lowest BCUT2D eigenvalue weighted by Crippen LogP contribution is -2.55. The quantitative estimate of drug-likeness (QED) is 0.681. The molecule has 0 unspecified atom stereocenters. The van der Waals surface area contributed by atoms with Crippen LogP contribution in [0.3, 0.4) is 0 Å². The Kier molecular flexibility index (Phi) is 6.68.